The van der Waals surface area contributed by atoms with Crippen molar-refractivity contribution in [3.05, 3.63) is 15.9 Å². The number of anilines is 2. The Morgan fingerprint density at radius 2 is 2.10 bits per heavy atom. The third-order valence-electron chi connectivity index (χ3n) is 5.08. The van der Waals surface area contributed by atoms with E-state index in [1.54, 1.807) is 20.8 Å². The monoisotopic (exact) mass is 529 g/mol. The first kappa shape index (κ1) is 22.9. The summed E-state index contributed by atoms with van der Waals surface area (Å²) in [5.41, 5.74) is 0.942. The third-order valence-corrected chi connectivity index (χ3v) is 5.83. The predicted molar refractivity (Wildman–Crippen MR) is 124 cm³/mol. The van der Waals surface area contributed by atoms with Crippen molar-refractivity contribution in [3.63, 3.8) is 0 Å². The van der Waals surface area contributed by atoms with Gasteiger partial charge in [0.05, 0.1) is 18.8 Å². The van der Waals surface area contributed by atoms with Gasteiger partial charge in [-0.1, -0.05) is 6.58 Å². The molecule has 2 heterocycles. The summed E-state index contributed by atoms with van der Waals surface area (Å²) >= 11 is 2.05. The van der Waals surface area contributed by atoms with E-state index in [0.29, 0.717) is 21.8 Å². The van der Waals surface area contributed by atoms with Crippen LogP contribution in [0.15, 0.2) is 17.1 Å². The second kappa shape index (κ2) is 8.75. The van der Waals surface area contributed by atoms with Gasteiger partial charge in [0.1, 0.15) is 15.0 Å². The van der Waals surface area contributed by atoms with Crippen LogP contribution in [0.1, 0.15) is 34.1 Å². The molecule has 1 unspecified atom stereocenters. The molecular weight excluding hydrogens is 501 g/mol. The van der Waals surface area contributed by atoms with Crippen molar-refractivity contribution in [2.24, 2.45) is 10.9 Å². The Morgan fingerprint density at radius 1 is 1.40 bits per heavy atom. The summed E-state index contributed by atoms with van der Waals surface area (Å²) in [5, 5.41) is 2.60. The zero-order valence-corrected chi connectivity index (χ0v) is 20.1. The van der Waals surface area contributed by atoms with Crippen molar-refractivity contribution in [3.8, 4) is 0 Å². The second-order valence-electron chi connectivity index (χ2n) is 8.41. The molecule has 4 atom stereocenters. The highest BCUT2D eigenvalue weighted by Gasteiger charge is 2.44. The topological polar surface area (TPSA) is 98.2 Å². The number of hydrogen-bond donors (Lipinski definition) is 1. The molecule has 0 spiro atoms. The lowest BCUT2D eigenvalue weighted by Gasteiger charge is -2.30. The number of likely N-dealkylation sites (N-methyl/N-ethyl adjacent to an activating group) is 1. The van der Waals surface area contributed by atoms with Crippen LogP contribution < -0.4 is 10.2 Å². The number of hydrogen-bond acceptors (Lipinski definition) is 8. The van der Waals surface area contributed by atoms with Gasteiger partial charge in [-0.2, -0.15) is 4.98 Å². The number of fused-ring (bicyclic) bond motifs is 1. The quantitative estimate of drug-likeness (QED) is 0.274. The molecule has 30 heavy (non-hydrogen) atoms. The number of amides is 1. The van der Waals surface area contributed by atoms with Crippen molar-refractivity contribution in [1.82, 2.24) is 9.97 Å². The van der Waals surface area contributed by atoms with Crippen LogP contribution in [0.3, 0.4) is 0 Å². The minimum Gasteiger partial charge on any atom is -0.444 e. The van der Waals surface area contributed by atoms with Gasteiger partial charge in [-0.05, 0) is 69.0 Å². The highest BCUT2D eigenvalue weighted by atomic mass is 127. The van der Waals surface area contributed by atoms with E-state index in [9.17, 15) is 4.79 Å². The maximum atomic E-state index is 12.2. The molecule has 1 aliphatic carbocycles. The van der Waals surface area contributed by atoms with Crippen molar-refractivity contribution in [1.29, 1.82) is 0 Å². The molecule has 1 saturated heterocycles. The minimum absolute atomic E-state index is 0.0190. The average Bonchev–Trinajstić information content (AvgIpc) is 2.94. The van der Waals surface area contributed by atoms with Crippen LogP contribution in [-0.4, -0.2) is 60.5 Å². The number of aromatic nitrogens is 2. The summed E-state index contributed by atoms with van der Waals surface area (Å²) in [7, 11) is 1.92. The van der Waals surface area contributed by atoms with E-state index in [2.05, 4.69) is 56.2 Å². The predicted octanol–water partition coefficient (Wildman–Crippen LogP) is 3.90. The maximum absolute atomic E-state index is 12.2. The average molecular weight is 529 g/mol. The largest absolute Gasteiger partial charge is 0.444 e. The van der Waals surface area contributed by atoms with Crippen LogP contribution in [-0.2, 0) is 14.2 Å². The molecule has 1 aromatic rings. The van der Waals surface area contributed by atoms with Gasteiger partial charge in [0, 0.05) is 13.0 Å². The zero-order valence-electron chi connectivity index (χ0n) is 17.9. The summed E-state index contributed by atoms with van der Waals surface area (Å²) < 4.78 is 17.5. The molecule has 0 bridgehead atoms. The van der Waals surface area contributed by atoms with Crippen molar-refractivity contribution in [2.75, 3.05) is 23.9 Å². The first-order valence-electron chi connectivity index (χ1n) is 9.73. The summed E-state index contributed by atoms with van der Waals surface area (Å²) in [4.78, 5) is 27.1. The molecule has 10 heteroatoms. The van der Waals surface area contributed by atoms with E-state index in [1.807, 2.05) is 18.9 Å². The van der Waals surface area contributed by atoms with Gasteiger partial charge in [-0.3, -0.25) is 10.3 Å². The van der Waals surface area contributed by atoms with E-state index in [4.69, 9.17) is 14.2 Å². The lowest BCUT2D eigenvalue weighted by Crippen LogP contribution is -2.35. The van der Waals surface area contributed by atoms with Gasteiger partial charge in [0.2, 0.25) is 5.95 Å². The van der Waals surface area contributed by atoms with Crippen LogP contribution in [0.25, 0.3) is 0 Å². The lowest BCUT2D eigenvalue weighted by molar-refractivity contribution is -0.215. The molecule has 1 aromatic heterocycles. The van der Waals surface area contributed by atoms with Crippen LogP contribution in [0, 0.1) is 9.62 Å². The van der Waals surface area contributed by atoms with Crippen molar-refractivity contribution in [2.45, 2.75) is 58.2 Å². The van der Waals surface area contributed by atoms with Crippen molar-refractivity contribution < 1.29 is 19.0 Å². The molecular formula is C20H28IN5O4. The Balaban J connectivity index is 1.86. The van der Waals surface area contributed by atoms with Gasteiger partial charge in [0.25, 0.3) is 0 Å². The summed E-state index contributed by atoms with van der Waals surface area (Å²) in [6.07, 6.45) is -0.0334. The zero-order chi connectivity index (χ0) is 22.2. The fourth-order valence-electron chi connectivity index (χ4n) is 3.71. The highest BCUT2D eigenvalue weighted by molar-refractivity contribution is 14.1. The minimum atomic E-state index is -0.628. The molecule has 1 N–H and O–H groups in total. The first-order chi connectivity index (χ1) is 14.0. The number of carbonyl (C=O) groups excluding carboxylic acids is 1. The molecule has 0 aromatic carbocycles. The third kappa shape index (κ3) is 4.92. The Labute approximate surface area is 190 Å². The van der Waals surface area contributed by atoms with Gasteiger partial charge in [0.15, 0.2) is 12.1 Å². The molecule has 1 amide bonds. The van der Waals surface area contributed by atoms with E-state index in [-0.39, 0.29) is 30.3 Å². The SMILES string of the molecule is C=Nc1c(I)nc(NC(=O)OC(C)(C)C)nc1N(C)[C@H]1C[C@@H]2OC(C)OC[C@H]2C1=C. The van der Waals surface area contributed by atoms with Crippen LogP contribution in [0.2, 0.25) is 0 Å². The maximum Gasteiger partial charge on any atom is 0.414 e. The smallest absolute Gasteiger partial charge is 0.414 e. The normalized spacial score (nSPS) is 26.1. The number of nitrogens with zero attached hydrogens (tertiary/aromatic N) is 4. The number of aliphatic imine (C=N–C) groups is 1. The first-order valence-corrected chi connectivity index (χ1v) is 10.8. The highest BCUT2D eigenvalue weighted by Crippen LogP contribution is 2.42. The van der Waals surface area contributed by atoms with Crippen LogP contribution in [0.4, 0.5) is 22.2 Å². The number of rotatable bonds is 4. The van der Waals surface area contributed by atoms with Gasteiger partial charge < -0.3 is 19.1 Å². The molecule has 9 nitrogen and oxygen atoms in total. The molecule has 1 aliphatic heterocycles. The summed E-state index contributed by atoms with van der Waals surface area (Å²) in [5.74, 6) is 0.820. The van der Waals surface area contributed by atoms with E-state index in [0.717, 1.165) is 12.0 Å². The second-order valence-corrected chi connectivity index (χ2v) is 9.44. The fourth-order valence-corrected chi connectivity index (χ4v) is 4.35. The molecule has 164 valence electrons. The van der Waals surface area contributed by atoms with Crippen molar-refractivity contribution >= 4 is 52.9 Å². The fraction of sp³-hybridized carbons (Fsp3) is 0.600. The van der Waals surface area contributed by atoms with Gasteiger partial charge in [-0.15, -0.1) is 0 Å². The van der Waals surface area contributed by atoms with Crippen LogP contribution in [0.5, 0.6) is 0 Å². The van der Waals surface area contributed by atoms with Crippen LogP contribution >= 0.6 is 22.6 Å². The molecule has 0 radical (unpaired) electrons. The molecule has 3 rings (SSSR count). The van der Waals surface area contributed by atoms with Gasteiger partial charge >= 0.3 is 6.09 Å². The lowest BCUT2D eigenvalue weighted by atomic mass is 10.0. The Morgan fingerprint density at radius 3 is 2.73 bits per heavy atom. The Kier molecular flexibility index (Phi) is 6.68. The molecule has 2 aliphatic rings. The van der Waals surface area contributed by atoms with E-state index < -0.39 is 11.7 Å². The number of nitrogens with one attached hydrogen (secondary N) is 1. The molecule has 2 fully saturated rings. The standard InChI is InChI=1S/C20H28IN5O4/c1-10-12-9-28-11(2)29-14(12)8-13(10)26(7)17-15(22-6)16(21)23-18(24-17)25-19(27)30-20(3,4)5/h11-14H,1,6,8-9H2,2-5,7H3,(H,23,24,25,27)/t11?,12-,13-,14-/m0/s1. The summed E-state index contributed by atoms with van der Waals surface area (Å²) in [6.45, 7) is 15.8. The van der Waals surface area contributed by atoms with Gasteiger partial charge in [-0.25, -0.2) is 9.78 Å². The number of halogens is 1. The Bertz CT molecular complexity index is 856. The van der Waals surface area contributed by atoms with E-state index in [1.165, 1.54) is 0 Å². The Hall–Kier alpha value is -1.79. The molecule has 1 saturated carbocycles. The number of ether oxygens (including phenoxy) is 3. The number of carbonyl (C=O) groups is 1. The van der Waals surface area contributed by atoms with E-state index >= 15 is 0 Å². The summed E-state index contributed by atoms with van der Waals surface area (Å²) in [6, 6.07) is -0.0190.